The molecular formula is C14H16N4S. The van der Waals surface area contributed by atoms with Crippen molar-refractivity contribution in [3.8, 4) is 0 Å². The maximum absolute atomic E-state index is 5.96. The van der Waals surface area contributed by atoms with Crippen LogP contribution in [0.2, 0.25) is 0 Å². The van der Waals surface area contributed by atoms with Crippen molar-refractivity contribution in [1.29, 1.82) is 0 Å². The zero-order valence-electron chi connectivity index (χ0n) is 11.0. The van der Waals surface area contributed by atoms with Crippen molar-refractivity contribution < 1.29 is 0 Å². The van der Waals surface area contributed by atoms with E-state index in [0.29, 0.717) is 6.54 Å². The minimum absolute atomic E-state index is 0.114. The van der Waals surface area contributed by atoms with Gasteiger partial charge in [-0.3, -0.25) is 4.68 Å². The number of para-hydroxylation sites is 1. The van der Waals surface area contributed by atoms with Crippen LogP contribution in [-0.4, -0.2) is 21.3 Å². The van der Waals surface area contributed by atoms with Gasteiger partial charge >= 0.3 is 0 Å². The molecule has 0 saturated carbocycles. The molecule has 0 amide bonds. The second-order valence-corrected chi connectivity index (χ2v) is 5.70. The van der Waals surface area contributed by atoms with Crippen LogP contribution in [0.3, 0.4) is 0 Å². The molecule has 1 atom stereocenters. The van der Waals surface area contributed by atoms with Crippen molar-refractivity contribution >= 4 is 21.6 Å². The first-order chi connectivity index (χ1) is 9.19. The molecule has 3 aromatic rings. The van der Waals surface area contributed by atoms with Crippen LogP contribution in [0.1, 0.15) is 22.3 Å². The Balaban J connectivity index is 2.09. The number of fused-ring (bicyclic) bond motifs is 1. The lowest BCUT2D eigenvalue weighted by Crippen LogP contribution is -2.16. The second-order valence-electron chi connectivity index (χ2n) is 4.64. The van der Waals surface area contributed by atoms with Gasteiger partial charge in [-0.05, 0) is 25.1 Å². The first kappa shape index (κ1) is 12.3. The predicted molar refractivity (Wildman–Crippen MR) is 78.5 cm³/mol. The summed E-state index contributed by atoms with van der Waals surface area (Å²) >= 11 is 1.71. The number of hydrogen-bond acceptors (Lipinski definition) is 4. The van der Waals surface area contributed by atoms with E-state index in [9.17, 15) is 0 Å². The second kappa shape index (κ2) is 4.75. The van der Waals surface area contributed by atoms with Crippen molar-refractivity contribution in [1.82, 2.24) is 14.8 Å². The highest BCUT2D eigenvalue weighted by atomic mass is 32.1. The molecule has 0 aliphatic heterocycles. The van der Waals surface area contributed by atoms with Gasteiger partial charge in [-0.25, -0.2) is 4.98 Å². The number of hydrogen-bond donors (Lipinski definition) is 1. The summed E-state index contributed by atoms with van der Waals surface area (Å²) < 4.78 is 3.11. The number of aryl methyl sites for hydroxylation is 2. The average Bonchev–Trinajstić information content (AvgIpc) is 2.94. The highest BCUT2D eigenvalue weighted by Crippen LogP contribution is 2.31. The largest absolute Gasteiger partial charge is 0.329 e. The van der Waals surface area contributed by atoms with Gasteiger partial charge in [-0.2, -0.15) is 5.10 Å². The Kier molecular flexibility index (Phi) is 3.08. The fourth-order valence-electron chi connectivity index (χ4n) is 2.34. The Morgan fingerprint density at radius 2 is 2.16 bits per heavy atom. The fraction of sp³-hybridized carbons (Fsp3) is 0.286. The van der Waals surface area contributed by atoms with Crippen LogP contribution in [0.15, 0.2) is 30.3 Å². The molecule has 2 heterocycles. The SMILES string of the molecule is Cc1cc(C(CN)c2nc3ccccc3s2)n(C)n1. The normalized spacial score (nSPS) is 13.0. The summed E-state index contributed by atoms with van der Waals surface area (Å²) in [4.78, 5) is 4.71. The van der Waals surface area contributed by atoms with Crippen LogP contribution in [0, 0.1) is 6.92 Å². The predicted octanol–water partition coefficient (Wildman–Crippen LogP) is 2.43. The lowest BCUT2D eigenvalue weighted by atomic mass is 10.1. The first-order valence-corrected chi connectivity index (χ1v) is 7.06. The minimum atomic E-state index is 0.114. The van der Waals surface area contributed by atoms with Gasteiger partial charge in [0.1, 0.15) is 5.01 Å². The Hall–Kier alpha value is -1.72. The molecule has 0 aliphatic rings. The lowest BCUT2D eigenvalue weighted by Gasteiger charge is -2.11. The molecule has 3 rings (SSSR count). The Labute approximate surface area is 115 Å². The summed E-state index contributed by atoms with van der Waals surface area (Å²) in [5.41, 5.74) is 9.14. The van der Waals surface area contributed by atoms with E-state index < -0.39 is 0 Å². The molecular weight excluding hydrogens is 256 g/mol. The number of thiazole rings is 1. The zero-order valence-corrected chi connectivity index (χ0v) is 11.8. The van der Waals surface area contributed by atoms with E-state index in [1.165, 1.54) is 4.70 Å². The number of rotatable bonds is 3. The molecule has 0 radical (unpaired) electrons. The summed E-state index contributed by atoms with van der Waals surface area (Å²) in [6, 6.07) is 10.3. The molecule has 98 valence electrons. The summed E-state index contributed by atoms with van der Waals surface area (Å²) in [5, 5.41) is 5.46. The van der Waals surface area contributed by atoms with E-state index in [2.05, 4.69) is 17.2 Å². The van der Waals surface area contributed by atoms with Gasteiger partial charge in [0.15, 0.2) is 0 Å². The smallest absolute Gasteiger partial charge is 0.104 e. The van der Waals surface area contributed by atoms with Crippen LogP contribution in [0.25, 0.3) is 10.2 Å². The molecule has 0 bridgehead atoms. The Bertz CT molecular complexity index is 680. The van der Waals surface area contributed by atoms with Crippen molar-refractivity contribution in [3.63, 3.8) is 0 Å². The molecule has 0 saturated heterocycles. The van der Waals surface area contributed by atoms with Gasteiger partial charge in [0.2, 0.25) is 0 Å². The first-order valence-electron chi connectivity index (χ1n) is 6.25. The van der Waals surface area contributed by atoms with E-state index >= 15 is 0 Å². The van der Waals surface area contributed by atoms with Gasteiger partial charge in [0.25, 0.3) is 0 Å². The van der Waals surface area contributed by atoms with Gasteiger partial charge in [-0.15, -0.1) is 11.3 Å². The van der Waals surface area contributed by atoms with Crippen molar-refractivity contribution in [3.05, 3.63) is 46.7 Å². The third-order valence-electron chi connectivity index (χ3n) is 3.24. The highest BCUT2D eigenvalue weighted by molar-refractivity contribution is 7.18. The maximum atomic E-state index is 5.96. The van der Waals surface area contributed by atoms with Crippen LogP contribution >= 0.6 is 11.3 Å². The summed E-state index contributed by atoms with van der Waals surface area (Å²) in [7, 11) is 1.96. The quantitative estimate of drug-likeness (QED) is 0.796. The fourth-order valence-corrected chi connectivity index (χ4v) is 3.44. The van der Waals surface area contributed by atoms with Gasteiger partial charge < -0.3 is 5.73 Å². The molecule has 0 aliphatic carbocycles. The van der Waals surface area contributed by atoms with E-state index in [1.54, 1.807) is 11.3 Å². The number of nitrogens with zero attached hydrogens (tertiary/aromatic N) is 3. The molecule has 2 N–H and O–H groups in total. The Morgan fingerprint density at radius 1 is 1.37 bits per heavy atom. The molecule has 4 nitrogen and oxygen atoms in total. The maximum Gasteiger partial charge on any atom is 0.104 e. The zero-order chi connectivity index (χ0) is 13.4. The highest BCUT2D eigenvalue weighted by Gasteiger charge is 2.20. The van der Waals surface area contributed by atoms with E-state index in [0.717, 1.165) is 21.9 Å². The van der Waals surface area contributed by atoms with Crippen molar-refractivity contribution in [2.45, 2.75) is 12.8 Å². The summed E-state index contributed by atoms with van der Waals surface area (Å²) in [5.74, 6) is 0.114. The third-order valence-corrected chi connectivity index (χ3v) is 4.39. The topological polar surface area (TPSA) is 56.7 Å². The number of aromatic nitrogens is 3. The minimum Gasteiger partial charge on any atom is -0.329 e. The molecule has 2 aromatic heterocycles. The number of nitrogens with two attached hydrogens (primary N) is 1. The van der Waals surface area contributed by atoms with Crippen LogP contribution < -0.4 is 5.73 Å². The van der Waals surface area contributed by atoms with E-state index in [1.807, 2.05) is 36.9 Å². The molecule has 0 fully saturated rings. The number of benzene rings is 1. The average molecular weight is 272 g/mol. The van der Waals surface area contributed by atoms with Gasteiger partial charge in [-0.1, -0.05) is 12.1 Å². The summed E-state index contributed by atoms with van der Waals surface area (Å²) in [6.07, 6.45) is 0. The molecule has 5 heteroatoms. The standard InChI is InChI=1S/C14H16N4S/c1-9-7-12(18(2)17-9)10(8-15)14-16-11-5-3-4-6-13(11)19-14/h3-7,10H,8,15H2,1-2H3. The monoisotopic (exact) mass is 272 g/mol. The van der Waals surface area contributed by atoms with Gasteiger partial charge in [0, 0.05) is 19.3 Å². The van der Waals surface area contributed by atoms with Crippen LogP contribution in [0.4, 0.5) is 0 Å². The van der Waals surface area contributed by atoms with Crippen LogP contribution in [0.5, 0.6) is 0 Å². The molecule has 0 spiro atoms. The van der Waals surface area contributed by atoms with Crippen LogP contribution in [-0.2, 0) is 7.05 Å². The molecule has 1 unspecified atom stereocenters. The molecule has 1 aromatic carbocycles. The summed E-state index contributed by atoms with van der Waals surface area (Å²) in [6.45, 7) is 2.54. The lowest BCUT2D eigenvalue weighted by molar-refractivity contribution is 0.659. The van der Waals surface area contributed by atoms with E-state index in [-0.39, 0.29) is 5.92 Å². The molecule has 19 heavy (non-hydrogen) atoms. The van der Waals surface area contributed by atoms with Crippen molar-refractivity contribution in [2.75, 3.05) is 6.54 Å². The van der Waals surface area contributed by atoms with Crippen molar-refractivity contribution in [2.24, 2.45) is 12.8 Å². The third kappa shape index (κ3) is 2.15. The van der Waals surface area contributed by atoms with Gasteiger partial charge in [0.05, 0.1) is 21.8 Å². The van der Waals surface area contributed by atoms with E-state index in [4.69, 9.17) is 10.7 Å². The Morgan fingerprint density at radius 3 is 2.79 bits per heavy atom.